The van der Waals surface area contributed by atoms with Gasteiger partial charge in [0.1, 0.15) is 6.10 Å². The smallest absolute Gasteiger partial charge is 0.200 e. The minimum atomic E-state index is -2.25. The zero-order valence-electron chi connectivity index (χ0n) is 9.34. The van der Waals surface area contributed by atoms with Gasteiger partial charge in [0.2, 0.25) is 5.82 Å². The van der Waals surface area contributed by atoms with Crippen molar-refractivity contribution in [1.29, 1.82) is 0 Å². The third kappa shape index (κ3) is 2.19. The van der Waals surface area contributed by atoms with E-state index in [9.17, 15) is 27.1 Å². The van der Waals surface area contributed by atoms with Crippen LogP contribution in [0.5, 0.6) is 0 Å². The van der Waals surface area contributed by atoms with Crippen molar-refractivity contribution in [2.75, 3.05) is 6.61 Å². The van der Waals surface area contributed by atoms with Crippen molar-refractivity contribution in [1.82, 2.24) is 0 Å². The molecule has 1 aromatic carbocycles. The Labute approximate surface area is 104 Å². The van der Waals surface area contributed by atoms with Crippen LogP contribution < -0.4 is 0 Å². The lowest BCUT2D eigenvalue weighted by molar-refractivity contribution is -0.0246. The first kappa shape index (κ1) is 14.2. The van der Waals surface area contributed by atoms with Crippen LogP contribution >= 0.6 is 0 Å². The van der Waals surface area contributed by atoms with E-state index in [1.807, 2.05) is 0 Å². The summed E-state index contributed by atoms with van der Waals surface area (Å²) < 4.78 is 70.7. The number of hydrogen-bond acceptors (Lipinski definition) is 3. The molecule has 1 heterocycles. The lowest BCUT2D eigenvalue weighted by atomic mass is 10.0. The molecule has 0 spiro atoms. The SMILES string of the molecule is OC[C@H]1O[C@@H](c2c(F)c(F)c(F)c(F)c2F)CC1O. The Morgan fingerprint density at radius 2 is 1.42 bits per heavy atom. The van der Waals surface area contributed by atoms with Crippen LogP contribution in [0.4, 0.5) is 22.0 Å². The Hall–Kier alpha value is -1.25. The highest BCUT2D eigenvalue weighted by Crippen LogP contribution is 2.37. The maximum absolute atomic E-state index is 13.5. The van der Waals surface area contributed by atoms with Crippen molar-refractivity contribution >= 4 is 0 Å². The molecule has 0 aliphatic carbocycles. The molecule has 106 valence electrons. The minimum absolute atomic E-state index is 0.371. The first-order chi connectivity index (χ1) is 8.88. The van der Waals surface area contributed by atoms with Crippen molar-refractivity contribution in [2.45, 2.75) is 24.7 Å². The van der Waals surface area contributed by atoms with E-state index in [1.54, 1.807) is 0 Å². The van der Waals surface area contributed by atoms with Crippen LogP contribution in [0.15, 0.2) is 0 Å². The van der Waals surface area contributed by atoms with Gasteiger partial charge in [0, 0.05) is 6.42 Å². The Morgan fingerprint density at radius 1 is 0.947 bits per heavy atom. The summed E-state index contributed by atoms with van der Waals surface area (Å²) in [5.41, 5.74) is -1.13. The largest absolute Gasteiger partial charge is 0.394 e. The standard InChI is InChI=1S/C11H9F5O3/c12-7-6(4-1-3(18)5(2-17)19-4)8(13)10(15)11(16)9(7)14/h3-5,17-18H,1-2H2/t3?,4-,5-/m1/s1. The average molecular weight is 284 g/mol. The molecule has 1 aromatic rings. The van der Waals surface area contributed by atoms with Crippen molar-refractivity contribution in [3.8, 4) is 0 Å². The molecule has 1 aliphatic rings. The van der Waals surface area contributed by atoms with E-state index in [0.29, 0.717) is 0 Å². The fourth-order valence-corrected chi connectivity index (χ4v) is 1.98. The van der Waals surface area contributed by atoms with E-state index < -0.39 is 59.6 Å². The van der Waals surface area contributed by atoms with E-state index in [1.165, 1.54) is 0 Å². The van der Waals surface area contributed by atoms with Crippen LogP contribution in [0, 0.1) is 29.1 Å². The molecule has 0 amide bonds. The predicted molar refractivity (Wildman–Crippen MR) is 51.6 cm³/mol. The molecule has 1 unspecified atom stereocenters. The van der Waals surface area contributed by atoms with Gasteiger partial charge in [-0.1, -0.05) is 0 Å². The van der Waals surface area contributed by atoms with E-state index in [-0.39, 0.29) is 6.42 Å². The Morgan fingerprint density at radius 3 is 1.84 bits per heavy atom. The molecule has 2 rings (SSSR count). The third-order valence-corrected chi connectivity index (χ3v) is 2.97. The zero-order valence-corrected chi connectivity index (χ0v) is 9.34. The molecule has 0 radical (unpaired) electrons. The van der Waals surface area contributed by atoms with Crippen LogP contribution in [0.25, 0.3) is 0 Å². The summed E-state index contributed by atoms with van der Waals surface area (Å²) in [7, 11) is 0. The first-order valence-electron chi connectivity index (χ1n) is 5.34. The molecule has 1 saturated heterocycles. The number of aliphatic hydroxyl groups excluding tert-OH is 2. The summed E-state index contributed by atoms with van der Waals surface area (Å²) in [6, 6.07) is 0. The molecule has 0 bridgehead atoms. The molecular formula is C11H9F5O3. The van der Waals surface area contributed by atoms with Crippen LogP contribution in [0.1, 0.15) is 18.1 Å². The number of aliphatic hydroxyl groups is 2. The maximum Gasteiger partial charge on any atom is 0.200 e. The highest BCUT2D eigenvalue weighted by molar-refractivity contribution is 5.27. The van der Waals surface area contributed by atoms with E-state index in [4.69, 9.17) is 9.84 Å². The zero-order chi connectivity index (χ0) is 14.3. The highest BCUT2D eigenvalue weighted by atomic mass is 19.2. The van der Waals surface area contributed by atoms with Gasteiger partial charge in [0.25, 0.3) is 0 Å². The number of hydrogen-bond donors (Lipinski definition) is 2. The van der Waals surface area contributed by atoms with Crippen LogP contribution in [-0.2, 0) is 4.74 Å². The average Bonchev–Trinajstić information content (AvgIpc) is 2.75. The summed E-state index contributed by atoms with van der Waals surface area (Å²) in [6.07, 6.45) is -4.24. The number of benzene rings is 1. The van der Waals surface area contributed by atoms with Crippen molar-refractivity contribution in [3.05, 3.63) is 34.6 Å². The Balaban J connectivity index is 2.47. The molecule has 0 aromatic heterocycles. The van der Waals surface area contributed by atoms with Crippen LogP contribution in [0.3, 0.4) is 0 Å². The van der Waals surface area contributed by atoms with Gasteiger partial charge in [-0.3, -0.25) is 0 Å². The van der Waals surface area contributed by atoms with Crippen LogP contribution in [-0.4, -0.2) is 29.0 Å². The van der Waals surface area contributed by atoms with Gasteiger partial charge in [0.05, 0.1) is 24.4 Å². The van der Waals surface area contributed by atoms with Gasteiger partial charge >= 0.3 is 0 Å². The number of rotatable bonds is 2. The number of halogens is 5. The molecule has 19 heavy (non-hydrogen) atoms. The quantitative estimate of drug-likeness (QED) is 0.492. The molecular weight excluding hydrogens is 275 g/mol. The summed E-state index contributed by atoms with van der Waals surface area (Å²) in [5, 5.41) is 18.2. The van der Waals surface area contributed by atoms with E-state index in [0.717, 1.165) is 0 Å². The summed E-state index contributed by atoms with van der Waals surface area (Å²) in [6.45, 7) is -0.632. The van der Waals surface area contributed by atoms with E-state index >= 15 is 0 Å². The number of ether oxygens (including phenoxy) is 1. The summed E-state index contributed by atoms with van der Waals surface area (Å²) in [4.78, 5) is 0. The molecule has 0 saturated carbocycles. The van der Waals surface area contributed by atoms with Crippen molar-refractivity contribution in [3.63, 3.8) is 0 Å². The lowest BCUT2D eigenvalue weighted by Gasteiger charge is -2.15. The van der Waals surface area contributed by atoms with Gasteiger partial charge in [0.15, 0.2) is 23.3 Å². The fraction of sp³-hybridized carbons (Fsp3) is 0.455. The Kier molecular flexibility index (Phi) is 3.75. The molecule has 3 nitrogen and oxygen atoms in total. The topological polar surface area (TPSA) is 49.7 Å². The van der Waals surface area contributed by atoms with Crippen LogP contribution in [0.2, 0.25) is 0 Å². The minimum Gasteiger partial charge on any atom is -0.394 e. The molecule has 3 atom stereocenters. The van der Waals surface area contributed by atoms with Crippen molar-refractivity contribution < 1.29 is 36.9 Å². The summed E-state index contributed by atoms with van der Waals surface area (Å²) >= 11 is 0. The van der Waals surface area contributed by atoms with Crippen molar-refractivity contribution in [2.24, 2.45) is 0 Å². The third-order valence-electron chi connectivity index (χ3n) is 2.97. The van der Waals surface area contributed by atoms with Gasteiger partial charge in [-0.25, -0.2) is 22.0 Å². The van der Waals surface area contributed by atoms with Gasteiger partial charge in [-0.05, 0) is 0 Å². The molecule has 2 N–H and O–H groups in total. The van der Waals surface area contributed by atoms with Gasteiger partial charge in [-0.15, -0.1) is 0 Å². The Bertz CT molecular complexity index is 479. The van der Waals surface area contributed by atoms with Gasteiger partial charge in [-0.2, -0.15) is 0 Å². The van der Waals surface area contributed by atoms with E-state index in [2.05, 4.69) is 0 Å². The normalized spacial score (nSPS) is 27.0. The second kappa shape index (κ2) is 5.03. The summed E-state index contributed by atoms with van der Waals surface area (Å²) in [5.74, 6) is -10.4. The van der Waals surface area contributed by atoms with Gasteiger partial charge < -0.3 is 14.9 Å². The molecule has 1 fully saturated rings. The highest BCUT2D eigenvalue weighted by Gasteiger charge is 2.39. The monoisotopic (exact) mass is 284 g/mol. The second-order valence-electron chi connectivity index (χ2n) is 4.13. The molecule has 8 heteroatoms. The first-order valence-corrected chi connectivity index (χ1v) is 5.34. The molecule has 1 aliphatic heterocycles. The fourth-order valence-electron chi connectivity index (χ4n) is 1.98. The lowest BCUT2D eigenvalue weighted by Crippen LogP contribution is -2.24. The predicted octanol–water partition coefficient (Wildman–Crippen LogP) is 1.57. The maximum atomic E-state index is 13.5. The second-order valence-corrected chi connectivity index (χ2v) is 4.13.